The zero-order valence-electron chi connectivity index (χ0n) is 11.3. The van der Waals surface area contributed by atoms with Gasteiger partial charge in [0.2, 0.25) is 10.0 Å². The number of rotatable bonds is 5. The average molecular weight is 328 g/mol. The topological polar surface area (TPSA) is 104 Å². The first-order valence-corrected chi connectivity index (χ1v) is 9.88. The quantitative estimate of drug-likeness (QED) is 0.850. The molecule has 114 valence electrons. The highest BCUT2D eigenvalue weighted by Gasteiger charge is 2.32. The second kappa shape index (κ2) is 6.13. The van der Waals surface area contributed by atoms with Crippen LogP contribution in [0.2, 0.25) is 0 Å². The largest absolute Gasteiger partial charge is 0.229 e. The van der Waals surface area contributed by atoms with E-state index in [0.717, 1.165) is 0 Å². The van der Waals surface area contributed by atoms with Crippen LogP contribution in [0.4, 0.5) is 0 Å². The van der Waals surface area contributed by atoms with Crippen molar-refractivity contribution in [3.05, 3.63) is 35.4 Å². The van der Waals surface area contributed by atoms with Gasteiger partial charge < -0.3 is 0 Å². The Kier molecular flexibility index (Phi) is 4.66. The van der Waals surface area contributed by atoms with Gasteiger partial charge in [-0.15, -0.1) is 0 Å². The van der Waals surface area contributed by atoms with Gasteiger partial charge in [-0.05, 0) is 24.5 Å². The summed E-state index contributed by atoms with van der Waals surface area (Å²) < 4.78 is 49.7. The van der Waals surface area contributed by atoms with E-state index in [0.29, 0.717) is 24.0 Å². The Bertz CT molecular complexity index is 764. The van der Waals surface area contributed by atoms with Gasteiger partial charge in [0, 0.05) is 6.54 Å². The number of sulfone groups is 1. The molecular formula is C13H16N2O4S2. The van der Waals surface area contributed by atoms with Crippen molar-refractivity contribution in [2.75, 3.05) is 12.3 Å². The van der Waals surface area contributed by atoms with E-state index in [1.165, 1.54) is 0 Å². The smallest absolute Gasteiger partial charge is 0.215 e. The summed E-state index contributed by atoms with van der Waals surface area (Å²) in [6.07, 6.45) is 1.06. The van der Waals surface area contributed by atoms with Crippen molar-refractivity contribution in [3.63, 3.8) is 0 Å². The van der Waals surface area contributed by atoms with E-state index in [1.54, 1.807) is 24.3 Å². The first-order valence-electron chi connectivity index (χ1n) is 6.51. The van der Waals surface area contributed by atoms with Gasteiger partial charge in [-0.1, -0.05) is 18.2 Å². The van der Waals surface area contributed by atoms with Crippen molar-refractivity contribution in [3.8, 4) is 6.07 Å². The zero-order chi connectivity index (χ0) is 15.5. The highest BCUT2D eigenvalue weighted by molar-refractivity contribution is 7.92. The van der Waals surface area contributed by atoms with Gasteiger partial charge in [-0.3, -0.25) is 0 Å². The van der Waals surface area contributed by atoms with Gasteiger partial charge in [0.25, 0.3) is 0 Å². The Labute approximate surface area is 124 Å². The van der Waals surface area contributed by atoms with Crippen molar-refractivity contribution in [2.24, 2.45) is 0 Å². The molecule has 1 aliphatic rings. The molecule has 0 amide bonds. The number of benzene rings is 1. The molecule has 0 radical (unpaired) electrons. The van der Waals surface area contributed by atoms with Crippen molar-refractivity contribution in [2.45, 2.75) is 23.8 Å². The Morgan fingerprint density at radius 3 is 2.67 bits per heavy atom. The van der Waals surface area contributed by atoms with E-state index < -0.39 is 25.1 Å². The van der Waals surface area contributed by atoms with Crippen LogP contribution in [-0.4, -0.2) is 34.4 Å². The van der Waals surface area contributed by atoms with Crippen LogP contribution >= 0.6 is 0 Å². The van der Waals surface area contributed by atoms with Gasteiger partial charge in [0.05, 0.1) is 28.4 Å². The Morgan fingerprint density at radius 2 is 2.05 bits per heavy atom. The minimum Gasteiger partial charge on any atom is -0.229 e. The van der Waals surface area contributed by atoms with Crippen LogP contribution in [0.15, 0.2) is 24.3 Å². The van der Waals surface area contributed by atoms with Gasteiger partial charge >= 0.3 is 0 Å². The maximum Gasteiger partial charge on any atom is 0.215 e. The van der Waals surface area contributed by atoms with Crippen LogP contribution in [0.25, 0.3) is 0 Å². The van der Waals surface area contributed by atoms with Crippen molar-refractivity contribution >= 4 is 19.9 Å². The first kappa shape index (κ1) is 15.9. The summed E-state index contributed by atoms with van der Waals surface area (Å²) in [4.78, 5) is 0. The summed E-state index contributed by atoms with van der Waals surface area (Å²) in [5.74, 6) is -0.208. The average Bonchev–Trinajstić information content (AvgIpc) is 2.76. The molecule has 21 heavy (non-hydrogen) atoms. The van der Waals surface area contributed by atoms with Crippen molar-refractivity contribution in [1.29, 1.82) is 5.26 Å². The molecule has 8 heteroatoms. The standard InChI is InChI=1S/C13H16N2O4S2/c14-8-11-4-1-2-5-12(11)10-21(18,19)15-9-13-6-3-7-20(13,16)17/h1-2,4-5,13,15H,3,6-7,9-10H2. The minimum atomic E-state index is -3.67. The fourth-order valence-electron chi connectivity index (χ4n) is 2.32. The number of hydrogen-bond donors (Lipinski definition) is 1. The fourth-order valence-corrected chi connectivity index (χ4v) is 5.41. The normalized spacial score (nSPS) is 21.0. The molecule has 6 nitrogen and oxygen atoms in total. The Hall–Kier alpha value is -1.43. The van der Waals surface area contributed by atoms with Crippen LogP contribution < -0.4 is 4.72 Å². The molecule has 0 bridgehead atoms. The second-order valence-electron chi connectivity index (χ2n) is 5.01. The third-order valence-electron chi connectivity index (χ3n) is 3.48. The van der Waals surface area contributed by atoms with Gasteiger partial charge in [0.15, 0.2) is 9.84 Å². The van der Waals surface area contributed by atoms with E-state index in [1.807, 2.05) is 6.07 Å². The molecule has 0 saturated carbocycles. The third kappa shape index (κ3) is 4.03. The molecule has 1 N–H and O–H groups in total. The van der Waals surface area contributed by atoms with Gasteiger partial charge in [-0.2, -0.15) is 5.26 Å². The lowest BCUT2D eigenvalue weighted by atomic mass is 10.1. The predicted octanol–water partition coefficient (Wildman–Crippen LogP) is 0.555. The number of nitriles is 1. The molecule has 1 fully saturated rings. The van der Waals surface area contributed by atoms with Crippen LogP contribution in [0.3, 0.4) is 0 Å². The van der Waals surface area contributed by atoms with Crippen molar-refractivity contribution < 1.29 is 16.8 Å². The SMILES string of the molecule is N#Cc1ccccc1CS(=O)(=O)NCC1CCCS1(=O)=O. The first-order chi connectivity index (χ1) is 9.84. The summed E-state index contributed by atoms with van der Waals surface area (Å²) in [6, 6.07) is 8.38. The molecule has 1 aromatic rings. The molecule has 0 aromatic heterocycles. The highest BCUT2D eigenvalue weighted by Crippen LogP contribution is 2.19. The molecule has 1 atom stereocenters. The van der Waals surface area contributed by atoms with Crippen LogP contribution in [-0.2, 0) is 25.6 Å². The Morgan fingerprint density at radius 1 is 1.33 bits per heavy atom. The molecule has 2 rings (SSSR count). The number of nitrogens with zero attached hydrogens (tertiary/aromatic N) is 1. The highest BCUT2D eigenvalue weighted by atomic mass is 32.2. The number of nitrogens with one attached hydrogen (secondary N) is 1. The Balaban J connectivity index is 2.05. The van der Waals surface area contributed by atoms with Gasteiger partial charge in [-0.25, -0.2) is 21.6 Å². The van der Waals surface area contributed by atoms with Gasteiger partial charge in [0.1, 0.15) is 0 Å². The van der Waals surface area contributed by atoms with E-state index in [2.05, 4.69) is 4.72 Å². The summed E-state index contributed by atoms with van der Waals surface area (Å²) in [7, 11) is -6.84. The lowest BCUT2D eigenvalue weighted by molar-refractivity contribution is 0.570. The van der Waals surface area contributed by atoms with Crippen molar-refractivity contribution in [1.82, 2.24) is 4.72 Å². The fraction of sp³-hybridized carbons (Fsp3) is 0.462. The van der Waals surface area contributed by atoms with Crippen LogP contribution in [0.5, 0.6) is 0 Å². The monoisotopic (exact) mass is 328 g/mol. The summed E-state index contributed by atoms with van der Waals surface area (Å²) in [6.45, 7) is -0.0978. The molecule has 1 aromatic carbocycles. The summed E-state index contributed by atoms with van der Waals surface area (Å²) in [5, 5.41) is 8.30. The predicted molar refractivity (Wildman–Crippen MR) is 78.6 cm³/mol. The van der Waals surface area contributed by atoms with Crippen LogP contribution in [0.1, 0.15) is 24.0 Å². The number of sulfonamides is 1. The van der Waals surface area contributed by atoms with E-state index >= 15 is 0 Å². The third-order valence-corrected chi connectivity index (χ3v) is 7.05. The zero-order valence-corrected chi connectivity index (χ0v) is 13.0. The maximum atomic E-state index is 12.0. The maximum absolute atomic E-state index is 12.0. The molecule has 1 heterocycles. The lowest BCUT2D eigenvalue weighted by Crippen LogP contribution is -2.35. The number of hydrogen-bond acceptors (Lipinski definition) is 5. The van der Waals surface area contributed by atoms with E-state index in [-0.39, 0.29) is 18.1 Å². The molecule has 0 spiro atoms. The van der Waals surface area contributed by atoms with E-state index in [9.17, 15) is 16.8 Å². The molecule has 1 aliphatic heterocycles. The minimum absolute atomic E-state index is 0.0978. The van der Waals surface area contributed by atoms with Crippen LogP contribution in [0, 0.1) is 11.3 Å². The lowest BCUT2D eigenvalue weighted by Gasteiger charge is -2.11. The molecule has 1 saturated heterocycles. The summed E-state index contributed by atoms with van der Waals surface area (Å²) in [5.41, 5.74) is 0.707. The molecule has 1 unspecified atom stereocenters. The molecule has 0 aliphatic carbocycles. The summed E-state index contributed by atoms with van der Waals surface area (Å²) >= 11 is 0. The van der Waals surface area contributed by atoms with E-state index in [4.69, 9.17) is 5.26 Å². The molecular weight excluding hydrogens is 312 g/mol. The second-order valence-corrected chi connectivity index (χ2v) is 9.22.